The predicted octanol–water partition coefficient (Wildman–Crippen LogP) is 1.50. The first-order valence-electron chi connectivity index (χ1n) is 5.32. The lowest BCUT2D eigenvalue weighted by atomic mass is 10.3. The van der Waals surface area contributed by atoms with Crippen molar-refractivity contribution in [2.75, 3.05) is 7.11 Å². The molecule has 0 fully saturated rings. The van der Waals surface area contributed by atoms with E-state index in [2.05, 4.69) is 5.10 Å². The smallest absolute Gasteiger partial charge is 0.267 e. The second-order valence-electron chi connectivity index (χ2n) is 3.71. The van der Waals surface area contributed by atoms with Crippen molar-refractivity contribution >= 4 is 17.1 Å². The molecule has 0 aliphatic rings. The van der Waals surface area contributed by atoms with Crippen molar-refractivity contribution in [2.24, 2.45) is 0 Å². The molecule has 6 heteroatoms. The zero-order valence-corrected chi connectivity index (χ0v) is 10.9. The molecule has 0 N–H and O–H groups in total. The highest BCUT2D eigenvalue weighted by atomic mass is 32.1. The maximum absolute atomic E-state index is 11.9. The lowest BCUT2D eigenvalue weighted by Gasteiger charge is -2.04. The first-order valence-corrected chi connectivity index (χ1v) is 6.13. The minimum atomic E-state index is -0.322. The normalized spacial score (nSPS) is 10.3. The highest BCUT2D eigenvalue weighted by Crippen LogP contribution is 2.16. The van der Waals surface area contributed by atoms with Crippen LogP contribution in [0.15, 0.2) is 29.1 Å². The van der Waals surface area contributed by atoms with Crippen LogP contribution in [0.3, 0.4) is 0 Å². The van der Waals surface area contributed by atoms with Gasteiger partial charge in [-0.15, -0.1) is 16.4 Å². The molecule has 5 nitrogen and oxygen atoms in total. The lowest BCUT2D eigenvalue weighted by Crippen LogP contribution is -2.25. The summed E-state index contributed by atoms with van der Waals surface area (Å²) in [6, 6.07) is 6.44. The Morgan fingerprint density at radius 1 is 1.39 bits per heavy atom. The van der Waals surface area contributed by atoms with Crippen molar-refractivity contribution in [1.29, 1.82) is 0 Å². The van der Waals surface area contributed by atoms with Crippen LogP contribution in [0.4, 0.5) is 0 Å². The number of ether oxygens (including phenoxy) is 1. The van der Waals surface area contributed by atoms with Gasteiger partial charge in [-0.25, -0.2) is 4.68 Å². The number of hydrogen-bond donors (Lipinski definition) is 0. The Hall–Kier alpha value is -1.95. The summed E-state index contributed by atoms with van der Waals surface area (Å²) in [6.07, 6.45) is 0. The van der Waals surface area contributed by atoms with E-state index >= 15 is 0 Å². The van der Waals surface area contributed by atoms with E-state index in [1.54, 1.807) is 6.07 Å². The Labute approximate surface area is 108 Å². The molecule has 2 aromatic heterocycles. The highest BCUT2D eigenvalue weighted by Gasteiger charge is 2.11. The van der Waals surface area contributed by atoms with Crippen LogP contribution in [0.1, 0.15) is 14.5 Å². The molecule has 94 valence electrons. The summed E-state index contributed by atoms with van der Waals surface area (Å²) in [5, 5.41) is 3.93. The quantitative estimate of drug-likeness (QED) is 0.785. The second kappa shape index (κ2) is 5.14. The van der Waals surface area contributed by atoms with E-state index in [9.17, 15) is 9.59 Å². The van der Waals surface area contributed by atoms with Crippen LogP contribution in [0.5, 0.6) is 5.88 Å². The van der Waals surface area contributed by atoms with E-state index in [1.807, 2.05) is 13.0 Å². The molecule has 18 heavy (non-hydrogen) atoms. The molecule has 0 spiro atoms. The van der Waals surface area contributed by atoms with Gasteiger partial charge in [-0.1, -0.05) is 0 Å². The summed E-state index contributed by atoms with van der Waals surface area (Å²) < 4.78 is 6.03. The number of nitrogens with zero attached hydrogens (tertiary/aromatic N) is 2. The van der Waals surface area contributed by atoms with Crippen molar-refractivity contribution in [3.63, 3.8) is 0 Å². The third-order valence-corrected chi connectivity index (χ3v) is 3.40. The van der Waals surface area contributed by atoms with Gasteiger partial charge in [0.2, 0.25) is 5.88 Å². The average molecular weight is 264 g/mol. The highest BCUT2D eigenvalue weighted by molar-refractivity contribution is 7.14. The van der Waals surface area contributed by atoms with Gasteiger partial charge in [0, 0.05) is 17.0 Å². The average Bonchev–Trinajstić information content (AvgIpc) is 2.79. The summed E-state index contributed by atoms with van der Waals surface area (Å²) in [5.74, 6) is 0.181. The number of rotatable bonds is 4. The maximum atomic E-state index is 11.9. The molecule has 0 radical (unpaired) electrons. The van der Waals surface area contributed by atoms with Gasteiger partial charge in [0.25, 0.3) is 5.56 Å². The number of methoxy groups -OCH3 is 1. The zero-order chi connectivity index (χ0) is 13.1. The molecule has 2 rings (SSSR count). The van der Waals surface area contributed by atoms with Crippen molar-refractivity contribution in [2.45, 2.75) is 13.5 Å². The second-order valence-corrected chi connectivity index (χ2v) is 4.99. The largest absolute Gasteiger partial charge is 0.480 e. The number of hydrogen-bond acceptors (Lipinski definition) is 5. The Morgan fingerprint density at radius 2 is 2.17 bits per heavy atom. The Bertz CT molecular complexity index is 630. The molecule has 0 aliphatic heterocycles. The van der Waals surface area contributed by atoms with Gasteiger partial charge in [0.1, 0.15) is 6.54 Å². The summed E-state index contributed by atoms with van der Waals surface area (Å²) in [5.41, 5.74) is -0.322. The monoisotopic (exact) mass is 264 g/mol. The molecule has 0 aliphatic carbocycles. The maximum Gasteiger partial charge on any atom is 0.267 e. The van der Waals surface area contributed by atoms with E-state index < -0.39 is 0 Å². The van der Waals surface area contributed by atoms with Crippen LogP contribution in [-0.4, -0.2) is 22.7 Å². The van der Waals surface area contributed by atoms with Gasteiger partial charge < -0.3 is 4.74 Å². The van der Waals surface area contributed by atoms with Crippen molar-refractivity contribution in [3.05, 3.63) is 44.4 Å². The molecule has 0 amide bonds. The van der Waals surface area contributed by atoms with Crippen molar-refractivity contribution in [1.82, 2.24) is 9.78 Å². The molecule has 0 atom stereocenters. The van der Waals surface area contributed by atoms with Crippen LogP contribution < -0.4 is 10.3 Å². The van der Waals surface area contributed by atoms with Crippen LogP contribution in [0.25, 0.3) is 0 Å². The first kappa shape index (κ1) is 12.5. The zero-order valence-electron chi connectivity index (χ0n) is 10.0. The molecule has 0 saturated carbocycles. The van der Waals surface area contributed by atoms with E-state index in [0.29, 0.717) is 10.8 Å². The number of aryl methyl sites for hydroxylation is 1. The Morgan fingerprint density at radius 3 is 2.78 bits per heavy atom. The fourth-order valence-electron chi connectivity index (χ4n) is 1.45. The molecule has 0 saturated heterocycles. The van der Waals surface area contributed by atoms with Crippen molar-refractivity contribution < 1.29 is 9.53 Å². The van der Waals surface area contributed by atoms with Gasteiger partial charge in [-0.2, -0.15) is 0 Å². The van der Waals surface area contributed by atoms with Crippen LogP contribution in [0, 0.1) is 6.92 Å². The van der Waals surface area contributed by atoms with E-state index in [4.69, 9.17) is 4.74 Å². The summed E-state index contributed by atoms with van der Waals surface area (Å²) in [7, 11) is 1.46. The van der Waals surface area contributed by atoms with Crippen LogP contribution in [-0.2, 0) is 6.54 Å². The molecule has 2 aromatic rings. The van der Waals surface area contributed by atoms with Crippen molar-refractivity contribution in [3.8, 4) is 5.88 Å². The number of Topliss-reactive ketones (excluding diaryl/α,β-unsaturated/α-hetero) is 1. The number of aromatic nitrogens is 2. The fraction of sp³-hybridized carbons (Fsp3) is 0.250. The van der Waals surface area contributed by atoms with Gasteiger partial charge in [-0.05, 0) is 19.1 Å². The summed E-state index contributed by atoms with van der Waals surface area (Å²) in [6.45, 7) is 1.85. The van der Waals surface area contributed by atoms with Crippen LogP contribution in [0.2, 0.25) is 0 Å². The third kappa shape index (κ3) is 2.65. The molecule has 0 unspecified atom stereocenters. The lowest BCUT2D eigenvalue weighted by molar-refractivity contribution is 0.0969. The number of ketones is 1. The predicted molar refractivity (Wildman–Crippen MR) is 68.4 cm³/mol. The number of carbonyl (C=O) groups is 1. The van der Waals surface area contributed by atoms with Gasteiger partial charge in [0.05, 0.1) is 12.0 Å². The molecule has 0 bridgehead atoms. The molecular weight excluding hydrogens is 252 g/mol. The summed E-state index contributed by atoms with van der Waals surface area (Å²) in [4.78, 5) is 25.2. The van der Waals surface area contributed by atoms with Crippen LogP contribution >= 0.6 is 11.3 Å². The minimum absolute atomic E-state index is 0.0734. The fourth-order valence-corrected chi connectivity index (χ4v) is 2.25. The van der Waals surface area contributed by atoms with E-state index in [1.165, 1.54) is 30.6 Å². The molecule has 0 aromatic carbocycles. The SMILES string of the molecule is COc1ccc(=O)n(CC(=O)c2ccc(C)s2)n1. The topological polar surface area (TPSA) is 61.2 Å². The third-order valence-electron chi connectivity index (χ3n) is 2.36. The first-order chi connectivity index (χ1) is 8.60. The van der Waals surface area contributed by atoms with Gasteiger partial charge >= 0.3 is 0 Å². The Balaban J connectivity index is 2.24. The number of carbonyl (C=O) groups excluding carboxylic acids is 1. The number of thiophene rings is 1. The standard InChI is InChI=1S/C12H12N2O3S/c1-8-3-4-10(18-8)9(15)7-14-12(16)6-5-11(13-14)17-2/h3-6H,7H2,1-2H3. The van der Waals surface area contributed by atoms with E-state index in [0.717, 1.165) is 9.56 Å². The summed E-state index contributed by atoms with van der Waals surface area (Å²) >= 11 is 1.41. The molecular formula is C12H12N2O3S. The molecule has 2 heterocycles. The Kier molecular flexibility index (Phi) is 3.57. The van der Waals surface area contributed by atoms with Gasteiger partial charge in [0.15, 0.2) is 5.78 Å². The van der Waals surface area contributed by atoms with Gasteiger partial charge in [-0.3, -0.25) is 9.59 Å². The van der Waals surface area contributed by atoms with E-state index in [-0.39, 0.29) is 17.9 Å². The minimum Gasteiger partial charge on any atom is -0.480 e.